The van der Waals surface area contributed by atoms with Gasteiger partial charge >= 0.3 is 14.8 Å². The highest BCUT2D eigenvalue weighted by Gasteiger charge is 2.37. The monoisotopic (exact) mass is 264 g/mol. The first-order valence-corrected chi connectivity index (χ1v) is 7.00. The molecule has 0 aliphatic heterocycles. The van der Waals surface area contributed by atoms with Crippen LogP contribution in [-0.4, -0.2) is 49.5 Å². The van der Waals surface area contributed by atoms with Gasteiger partial charge in [0, 0.05) is 32.9 Å². The SMILES string of the molecule is C=C(C)C(=O)OCOCC[Si](OC)(OC)OC. The third-order valence-electron chi connectivity index (χ3n) is 2.11. The van der Waals surface area contributed by atoms with Gasteiger partial charge in [0.1, 0.15) is 0 Å². The molecule has 0 aliphatic carbocycles. The lowest BCUT2D eigenvalue weighted by Crippen LogP contribution is -2.43. The third kappa shape index (κ3) is 5.94. The molecule has 0 rings (SSSR count). The standard InChI is InChI=1S/C10H20O6Si/c1-9(2)10(11)16-8-15-6-7-17(12-3,13-4)14-5/h1,6-8H2,2-5H3. The van der Waals surface area contributed by atoms with Crippen molar-refractivity contribution in [3.63, 3.8) is 0 Å². The van der Waals surface area contributed by atoms with Crippen molar-refractivity contribution in [3.05, 3.63) is 12.2 Å². The minimum Gasteiger partial charge on any atom is -0.435 e. The number of hydrogen-bond donors (Lipinski definition) is 0. The number of ether oxygens (including phenoxy) is 2. The van der Waals surface area contributed by atoms with Crippen LogP contribution < -0.4 is 0 Å². The molecular formula is C10H20O6Si. The maximum absolute atomic E-state index is 11.0. The summed E-state index contributed by atoms with van der Waals surface area (Å²) in [7, 11) is 1.98. The van der Waals surface area contributed by atoms with Gasteiger partial charge < -0.3 is 22.8 Å². The fourth-order valence-electron chi connectivity index (χ4n) is 1.03. The molecule has 0 heterocycles. The van der Waals surface area contributed by atoms with E-state index >= 15 is 0 Å². The van der Waals surface area contributed by atoms with Gasteiger partial charge in [0.2, 0.25) is 0 Å². The summed E-state index contributed by atoms with van der Waals surface area (Å²) in [5, 5.41) is 0. The van der Waals surface area contributed by atoms with E-state index in [0.717, 1.165) is 0 Å². The molecule has 100 valence electrons. The summed E-state index contributed by atoms with van der Waals surface area (Å²) < 4.78 is 25.5. The maximum atomic E-state index is 11.0. The molecule has 0 aromatic heterocycles. The Morgan fingerprint density at radius 2 is 1.71 bits per heavy atom. The Labute approximate surface area is 103 Å². The van der Waals surface area contributed by atoms with Gasteiger partial charge in [-0.05, 0) is 6.92 Å². The molecule has 0 atom stereocenters. The highest BCUT2D eigenvalue weighted by Crippen LogP contribution is 2.12. The molecule has 0 radical (unpaired) electrons. The van der Waals surface area contributed by atoms with Crippen LogP contribution in [0.4, 0.5) is 0 Å². The molecule has 0 fully saturated rings. The lowest BCUT2D eigenvalue weighted by Gasteiger charge is -2.23. The lowest BCUT2D eigenvalue weighted by molar-refractivity contribution is -0.151. The minimum absolute atomic E-state index is 0.118. The van der Waals surface area contributed by atoms with Crippen molar-refractivity contribution < 1.29 is 27.5 Å². The van der Waals surface area contributed by atoms with Crippen molar-refractivity contribution in [1.82, 2.24) is 0 Å². The largest absolute Gasteiger partial charge is 0.502 e. The minimum atomic E-state index is -2.60. The Morgan fingerprint density at radius 1 is 1.18 bits per heavy atom. The first-order chi connectivity index (χ1) is 8.01. The van der Waals surface area contributed by atoms with Crippen LogP contribution in [0.25, 0.3) is 0 Å². The smallest absolute Gasteiger partial charge is 0.435 e. The predicted octanol–water partition coefficient (Wildman–Crippen LogP) is 0.958. The molecule has 7 heteroatoms. The Kier molecular flexibility index (Phi) is 8.01. The van der Waals surface area contributed by atoms with Crippen LogP contribution >= 0.6 is 0 Å². The van der Waals surface area contributed by atoms with Gasteiger partial charge in [-0.3, -0.25) is 0 Å². The van der Waals surface area contributed by atoms with Gasteiger partial charge in [-0.15, -0.1) is 0 Å². The van der Waals surface area contributed by atoms with E-state index in [1.807, 2.05) is 0 Å². The number of carbonyl (C=O) groups excluding carboxylic acids is 1. The van der Waals surface area contributed by atoms with Gasteiger partial charge in [0.05, 0.1) is 6.61 Å². The number of hydrogen-bond acceptors (Lipinski definition) is 6. The maximum Gasteiger partial charge on any atom is 0.502 e. The zero-order valence-electron chi connectivity index (χ0n) is 10.8. The van der Waals surface area contributed by atoms with Gasteiger partial charge in [-0.25, -0.2) is 4.79 Å². The molecule has 0 aliphatic rings. The zero-order chi connectivity index (χ0) is 13.3. The van der Waals surface area contributed by atoms with Crippen LogP contribution in [0.2, 0.25) is 6.04 Å². The average molecular weight is 264 g/mol. The normalized spacial score (nSPS) is 11.3. The fraction of sp³-hybridized carbons (Fsp3) is 0.700. The molecule has 0 amide bonds. The lowest BCUT2D eigenvalue weighted by atomic mass is 10.4. The second-order valence-corrected chi connectivity index (χ2v) is 6.37. The fourth-order valence-corrected chi connectivity index (χ4v) is 2.54. The summed E-state index contributed by atoms with van der Waals surface area (Å²) >= 11 is 0. The highest BCUT2D eigenvalue weighted by atomic mass is 28.4. The molecule has 0 saturated heterocycles. The van der Waals surface area contributed by atoms with Gasteiger partial charge in [-0.2, -0.15) is 0 Å². The summed E-state index contributed by atoms with van der Waals surface area (Å²) in [5.41, 5.74) is 0.336. The quantitative estimate of drug-likeness (QED) is 0.203. The Hall–Kier alpha value is -0.733. The summed E-state index contributed by atoms with van der Waals surface area (Å²) in [6.07, 6.45) is 0. The third-order valence-corrected chi connectivity index (χ3v) is 4.79. The Balaban J connectivity index is 3.76. The molecule has 0 unspecified atom stereocenters. The summed E-state index contributed by atoms with van der Waals surface area (Å²) in [5.74, 6) is -0.473. The van der Waals surface area contributed by atoms with E-state index in [2.05, 4.69) is 6.58 Å². The van der Waals surface area contributed by atoms with E-state index in [9.17, 15) is 4.79 Å². The van der Waals surface area contributed by atoms with Crippen LogP contribution in [0.5, 0.6) is 0 Å². The molecule has 0 bridgehead atoms. The molecule has 0 aromatic rings. The highest BCUT2D eigenvalue weighted by molar-refractivity contribution is 6.60. The van der Waals surface area contributed by atoms with Crippen LogP contribution in [0.1, 0.15) is 6.92 Å². The number of esters is 1. The van der Waals surface area contributed by atoms with Crippen molar-refractivity contribution in [2.24, 2.45) is 0 Å². The summed E-state index contributed by atoms with van der Waals surface area (Å²) in [6.45, 7) is 5.23. The molecule has 0 spiro atoms. The molecule has 0 N–H and O–H groups in total. The first-order valence-electron chi connectivity index (χ1n) is 5.07. The second kappa shape index (κ2) is 8.37. The Bertz CT molecular complexity index is 243. The van der Waals surface area contributed by atoms with Crippen LogP contribution in [0.15, 0.2) is 12.2 Å². The zero-order valence-corrected chi connectivity index (χ0v) is 11.8. The molecule has 0 aromatic carbocycles. The van der Waals surface area contributed by atoms with E-state index in [4.69, 9.17) is 22.8 Å². The van der Waals surface area contributed by atoms with Crippen LogP contribution in [-0.2, 0) is 27.5 Å². The van der Waals surface area contributed by atoms with E-state index < -0.39 is 14.8 Å². The van der Waals surface area contributed by atoms with Gasteiger partial charge in [0.25, 0.3) is 0 Å². The molecule has 0 saturated carbocycles. The van der Waals surface area contributed by atoms with E-state index in [1.54, 1.807) is 6.92 Å². The summed E-state index contributed by atoms with van der Waals surface area (Å²) in [6, 6.07) is 0.487. The van der Waals surface area contributed by atoms with Crippen molar-refractivity contribution in [3.8, 4) is 0 Å². The molecular weight excluding hydrogens is 244 g/mol. The van der Waals surface area contributed by atoms with Crippen molar-refractivity contribution in [2.75, 3.05) is 34.7 Å². The first kappa shape index (κ1) is 16.3. The van der Waals surface area contributed by atoms with Gasteiger partial charge in [0.15, 0.2) is 6.79 Å². The predicted molar refractivity (Wildman–Crippen MR) is 63.3 cm³/mol. The molecule has 6 nitrogen and oxygen atoms in total. The Morgan fingerprint density at radius 3 is 2.12 bits per heavy atom. The molecule has 17 heavy (non-hydrogen) atoms. The van der Waals surface area contributed by atoms with E-state index in [1.165, 1.54) is 21.3 Å². The number of carbonyl (C=O) groups is 1. The van der Waals surface area contributed by atoms with Crippen molar-refractivity contribution in [2.45, 2.75) is 13.0 Å². The second-order valence-electron chi connectivity index (χ2n) is 3.28. The van der Waals surface area contributed by atoms with Gasteiger partial charge in [-0.1, -0.05) is 6.58 Å². The topological polar surface area (TPSA) is 63.2 Å². The van der Waals surface area contributed by atoms with E-state index in [0.29, 0.717) is 18.2 Å². The van der Waals surface area contributed by atoms with Crippen LogP contribution in [0, 0.1) is 0 Å². The number of rotatable bonds is 9. The average Bonchev–Trinajstić information content (AvgIpc) is 2.34. The van der Waals surface area contributed by atoms with Crippen molar-refractivity contribution >= 4 is 14.8 Å². The van der Waals surface area contributed by atoms with Crippen molar-refractivity contribution in [1.29, 1.82) is 0 Å². The van der Waals surface area contributed by atoms with Crippen LogP contribution in [0.3, 0.4) is 0 Å². The van der Waals surface area contributed by atoms with E-state index in [-0.39, 0.29) is 6.79 Å². The summed E-state index contributed by atoms with van der Waals surface area (Å²) in [4.78, 5) is 11.0.